The van der Waals surface area contributed by atoms with Crippen molar-refractivity contribution >= 4 is 17.4 Å². The first-order chi connectivity index (χ1) is 11.0. The van der Waals surface area contributed by atoms with Gasteiger partial charge in [0.2, 0.25) is 0 Å². The Hall–Kier alpha value is -1.61. The van der Waals surface area contributed by atoms with Gasteiger partial charge in [-0.2, -0.15) is 0 Å². The van der Waals surface area contributed by atoms with E-state index in [-0.39, 0.29) is 0 Å². The van der Waals surface area contributed by atoms with E-state index in [1.54, 1.807) is 0 Å². The van der Waals surface area contributed by atoms with Crippen LogP contribution < -0.4 is 4.90 Å². The highest BCUT2D eigenvalue weighted by molar-refractivity contribution is 7.99. The molecule has 0 spiro atoms. The Morgan fingerprint density at radius 1 is 1.04 bits per heavy atom. The van der Waals surface area contributed by atoms with Crippen LogP contribution in [0.5, 0.6) is 5.75 Å². The number of para-hydroxylation sites is 1. The number of anilines is 1. The van der Waals surface area contributed by atoms with Crippen LogP contribution in [0.1, 0.15) is 56.2 Å². The lowest BCUT2D eigenvalue weighted by molar-refractivity contribution is 0.454. The second-order valence-electron chi connectivity index (χ2n) is 6.87. The molecule has 1 aliphatic rings. The third-order valence-corrected chi connectivity index (χ3v) is 5.52. The second kappa shape index (κ2) is 6.48. The summed E-state index contributed by atoms with van der Waals surface area (Å²) < 4.78 is 0. The molecule has 2 nitrogen and oxygen atoms in total. The quantitative estimate of drug-likeness (QED) is 0.778. The molecule has 0 saturated carbocycles. The molecule has 0 aromatic heterocycles. The second-order valence-corrected chi connectivity index (χ2v) is 7.86. The molecule has 0 aliphatic carbocycles. The van der Waals surface area contributed by atoms with Crippen LogP contribution in [0.2, 0.25) is 0 Å². The zero-order chi connectivity index (χ0) is 16.6. The number of hydrogen-bond donors (Lipinski definition) is 1. The highest BCUT2D eigenvalue weighted by Gasteiger charge is 2.21. The molecule has 0 amide bonds. The van der Waals surface area contributed by atoms with Gasteiger partial charge in [0, 0.05) is 11.4 Å². The van der Waals surface area contributed by atoms with E-state index in [1.165, 1.54) is 16.1 Å². The van der Waals surface area contributed by atoms with Gasteiger partial charge < -0.3 is 10.0 Å². The predicted molar refractivity (Wildman–Crippen MR) is 99.6 cm³/mol. The van der Waals surface area contributed by atoms with Crippen molar-refractivity contribution in [2.75, 3.05) is 10.8 Å². The molecule has 0 radical (unpaired) electrons. The van der Waals surface area contributed by atoms with Gasteiger partial charge in [-0.1, -0.05) is 52.0 Å². The topological polar surface area (TPSA) is 23.5 Å². The average Bonchev–Trinajstić information content (AvgIpc) is 2.91. The molecule has 0 unspecified atom stereocenters. The number of aromatic hydroxyl groups is 1. The van der Waals surface area contributed by atoms with Crippen molar-refractivity contribution in [2.24, 2.45) is 0 Å². The fourth-order valence-corrected chi connectivity index (χ4v) is 4.17. The molecule has 0 saturated heterocycles. The van der Waals surface area contributed by atoms with Gasteiger partial charge in [0.05, 0.1) is 11.6 Å². The van der Waals surface area contributed by atoms with E-state index in [9.17, 15) is 5.11 Å². The van der Waals surface area contributed by atoms with E-state index in [0.29, 0.717) is 17.6 Å². The summed E-state index contributed by atoms with van der Waals surface area (Å²) in [5.74, 6) is 2.13. The van der Waals surface area contributed by atoms with Crippen LogP contribution in [0.15, 0.2) is 41.3 Å². The number of nitrogens with zero attached hydrogens (tertiary/aromatic N) is 1. The van der Waals surface area contributed by atoms with Crippen molar-refractivity contribution in [2.45, 2.75) is 51.0 Å². The molecular weight excluding hydrogens is 302 g/mol. The lowest BCUT2D eigenvalue weighted by Gasteiger charge is -2.22. The summed E-state index contributed by atoms with van der Waals surface area (Å²) in [6.45, 7) is 9.46. The SMILES string of the molecule is CC(C)c1cc(CN2CSc3ccccc32)cc(C(C)C)c1O. The average molecular weight is 327 g/mol. The minimum atomic E-state index is 0.327. The number of rotatable bonds is 4. The minimum absolute atomic E-state index is 0.327. The summed E-state index contributed by atoms with van der Waals surface area (Å²) >= 11 is 1.90. The standard InChI is InChI=1S/C20H25NOS/c1-13(2)16-9-15(10-17(14(3)4)20(16)22)11-21-12-23-19-8-6-5-7-18(19)21/h5-10,13-14,22H,11-12H2,1-4H3. The van der Waals surface area contributed by atoms with Crippen molar-refractivity contribution in [3.63, 3.8) is 0 Å². The molecule has 2 aromatic carbocycles. The van der Waals surface area contributed by atoms with E-state index in [2.05, 4.69) is 69.0 Å². The number of thioether (sulfide) groups is 1. The summed E-state index contributed by atoms with van der Waals surface area (Å²) in [4.78, 5) is 3.78. The van der Waals surface area contributed by atoms with Gasteiger partial charge in [0.1, 0.15) is 5.75 Å². The van der Waals surface area contributed by atoms with Crippen LogP contribution in [-0.2, 0) is 6.54 Å². The summed E-state index contributed by atoms with van der Waals surface area (Å²) in [6.07, 6.45) is 0. The van der Waals surface area contributed by atoms with Gasteiger partial charge in [0.25, 0.3) is 0 Å². The summed E-state index contributed by atoms with van der Waals surface area (Å²) in [7, 11) is 0. The molecule has 23 heavy (non-hydrogen) atoms. The Labute approximate surface area is 143 Å². The molecule has 0 atom stereocenters. The van der Waals surface area contributed by atoms with Gasteiger partial charge >= 0.3 is 0 Å². The third-order valence-electron chi connectivity index (χ3n) is 4.43. The number of phenolic OH excluding ortho intramolecular Hbond substituents is 1. The number of fused-ring (bicyclic) bond motifs is 1. The molecule has 3 rings (SSSR count). The normalized spacial score (nSPS) is 13.9. The fraction of sp³-hybridized carbons (Fsp3) is 0.400. The molecular formula is C20H25NOS. The maximum atomic E-state index is 10.6. The van der Waals surface area contributed by atoms with E-state index < -0.39 is 0 Å². The Morgan fingerprint density at radius 3 is 2.26 bits per heavy atom. The maximum absolute atomic E-state index is 10.6. The van der Waals surface area contributed by atoms with E-state index in [1.807, 2.05) is 11.8 Å². The van der Waals surface area contributed by atoms with E-state index in [4.69, 9.17) is 0 Å². The molecule has 0 fully saturated rings. The minimum Gasteiger partial charge on any atom is -0.507 e. The van der Waals surface area contributed by atoms with Crippen molar-refractivity contribution in [1.82, 2.24) is 0 Å². The highest BCUT2D eigenvalue weighted by Crippen LogP contribution is 2.40. The van der Waals surface area contributed by atoms with Gasteiger partial charge in [-0.05, 0) is 40.7 Å². The van der Waals surface area contributed by atoms with Crippen LogP contribution in [0, 0.1) is 0 Å². The predicted octanol–water partition coefficient (Wildman–Crippen LogP) is 5.71. The van der Waals surface area contributed by atoms with Crippen LogP contribution >= 0.6 is 11.8 Å². The first kappa shape index (κ1) is 16.3. The monoisotopic (exact) mass is 327 g/mol. The first-order valence-corrected chi connectivity index (χ1v) is 9.28. The lowest BCUT2D eigenvalue weighted by Crippen LogP contribution is -2.18. The van der Waals surface area contributed by atoms with Crippen LogP contribution in [0.3, 0.4) is 0 Å². The van der Waals surface area contributed by atoms with Crippen molar-refractivity contribution in [3.8, 4) is 5.75 Å². The zero-order valence-corrected chi connectivity index (χ0v) is 15.2. The largest absolute Gasteiger partial charge is 0.507 e. The molecule has 1 heterocycles. The number of hydrogen-bond acceptors (Lipinski definition) is 3. The third kappa shape index (κ3) is 3.20. The maximum Gasteiger partial charge on any atom is 0.122 e. The van der Waals surface area contributed by atoms with Crippen LogP contribution in [0.25, 0.3) is 0 Å². The Kier molecular flexibility index (Phi) is 4.58. The fourth-order valence-electron chi connectivity index (χ4n) is 3.12. The van der Waals surface area contributed by atoms with Crippen LogP contribution in [0.4, 0.5) is 5.69 Å². The lowest BCUT2D eigenvalue weighted by atomic mass is 9.91. The van der Waals surface area contributed by atoms with Crippen molar-refractivity contribution in [3.05, 3.63) is 53.1 Å². The van der Waals surface area contributed by atoms with E-state index >= 15 is 0 Å². The van der Waals surface area contributed by atoms with Crippen molar-refractivity contribution < 1.29 is 5.11 Å². The zero-order valence-electron chi connectivity index (χ0n) is 14.3. The smallest absolute Gasteiger partial charge is 0.122 e. The Morgan fingerprint density at radius 2 is 1.65 bits per heavy atom. The van der Waals surface area contributed by atoms with Crippen LogP contribution in [-0.4, -0.2) is 11.0 Å². The molecule has 2 aromatic rings. The summed E-state index contributed by atoms with van der Waals surface area (Å²) in [6, 6.07) is 12.9. The van der Waals surface area contributed by atoms with Gasteiger partial charge in [-0.15, -0.1) is 11.8 Å². The summed E-state index contributed by atoms with van der Waals surface area (Å²) in [5, 5.41) is 10.6. The number of benzene rings is 2. The van der Waals surface area contributed by atoms with E-state index in [0.717, 1.165) is 23.5 Å². The Bertz CT molecular complexity index is 680. The number of phenols is 1. The molecule has 0 bridgehead atoms. The first-order valence-electron chi connectivity index (χ1n) is 8.29. The Balaban J connectivity index is 1.95. The highest BCUT2D eigenvalue weighted by atomic mass is 32.2. The molecule has 1 N–H and O–H groups in total. The summed E-state index contributed by atoms with van der Waals surface area (Å²) in [5.41, 5.74) is 4.73. The molecule has 1 aliphatic heterocycles. The molecule has 122 valence electrons. The van der Waals surface area contributed by atoms with Crippen molar-refractivity contribution in [1.29, 1.82) is 0 Å². The van der Waals surface area contributed by atoms with Gasteiger partial charge in [-0.3, -0.25) is 0 Å². The van der Waals surface area contributed by atoms with Gasteiger partial charge in [0.15, 0.2) is 0 Å². The van der Waals surface area contributed by atoms with Gasteiger partial charge in [-0.25, -0.2) is 0 Å². The molecule has 3 heteroatoms.